The van der Waals surface area contributed by atoms with Gasteiger partial charge in [0, 0.05) is 24.7 Å². The Balaban J connectivity index is 1.86. The molecule has 1 amide bonds. The molecule has 152 valence electrons. The molecule has 7 nitrogen and oxygen atoms in total. The fraction of sp³-hybridized carbons (Fsp3) is 0.273. The summed E-state index contributed by atoms with van der Waals surface area (Å²) in [5.41, 5.74) is 1.05. The van der Waals surface area contributed by atoms with Crippen molar-refractivity contribution in [1.82, 2.24) is 4.90 Å². The van der Waals surface area contributed by atoms with E-state index in [0.717, 1.165) is 0 Å². The van der Waals surface area contributed by atoms with Crippen LogP contribution in [0.25, 0.3) is 6.08 Å². The first-order chi connectivity index (χ1) is 14.0. The molecule has 3 rings (SSSR count). The van der Waals surface area contributed by atoms with Gasteiger partial charge in [0.15, 0.2) is 5.76 Å². The van der Waals surface area contributed by atoms with Crippen LogP contribution in [-0.2, 0) is 0 Å². The Morgan fingerprint density at radius 3 is 2.41 bits per heavy atom. The number of methoxy groups -OCH3 is 2. The van der Waals surface area contributed by atoms with Gasteiger partial charge < -0.3 is 23.8 Å². The van der Waals surface area contributed by atoms with Gasteiger partial charge in [-0.3, -0.25) is 4.79 Å². The number of carbonyl (C=O) groups is 2. The number of nitrogens with zero attached hydrogens (tertiary/aromatic N) is 1. The third-order valence-electron chi connectivity index (χ3n) is 4.59. The lowest BCUT2D eigenvalue weighted by Crippen LogP contribution is -2.33. The number of fused-ring (bicyclic) bond motifs is 1. The van der Waals surface area contributed by atoms with Crippen molar-refractivity contribution in [2.45, 2.75) is 13.8 Å². The molecule has 0 atom stereocenters. The molecule has 1 aliphatic rings. The Bertz CT molecular complexity index is 962. The Morgan fingerprint density at radius 1 is 1.03 bits per heavy atom. The fourth-order valence-electron chi connectivity index (χ4n) is 2.97. The van der Waals surface area contributed by atoms with Gasteiger partial charge in [-0.05, 0) is 50.3 Å². The van der Waals surface area contributed by atoms with Gasteiger partial charge in [-0.2, -0.15) is 0 Å². The molecule has 0 bridgehead atoms. The maximum Gasteiger partial charge on any atom is 0.415 e. The molecule has 0 aromatic heterocycles. The van der Waals surface area contributed by atoms with Crippen LogP contribution in [0.2, 0.25) is 0 Å². The summed E-state index contributed by atoms with van der Waals surface area (Å²) in [4.78, 5) is 26.4. The second kappa shape index (κ2) is 8.68. The van der Waals surface area contributed by atoms with Crippen LogP contribution in [0, 0.1) is 0 Å². The monoisotopic (exact) mass is 397 g/mol. The molecule has 7 heteroatoms. The number of ether oxygens (including phenoxy) is 4. The Morgan fingerprint density at radius 2 is 1.76 bits per heavy atom. The van der Waals surface area contributed by atoms with Crippen molar-refractivity contribution in [2.24, 2.45) is 0 Å². The number of Topliss-reactive ketones (excluding diaryl/α,β-unsaturated/α-hetero) is 1. The molecule has 2 aromatic rings. The minimum absolute atomic E-state index is 0.152. The molecule has 0 unspecified atom stereocenters. The van der Waals surface area contributed by atoms with E-state index in [1.54, 1.807) is 55.5 Å². The van der Waals surface area contributed by atoms with Crippen LogP contribution in [0.3, 0.4) is 0 Å². The maximum atomic E-state index is 12.7. The Kier molecular flexibility index (Phi) is 6.07. The Labute approximate surface area is 169 Å². The van der Waals surface area contributed by atoms with Crippen molar-refractivity contribution in [3.63, 3.8) is 0 Å². The van der Waals surface area contributed by atoms with Gasteiger partial charge in [0.25, 0.3) is 0 Å². The summed E-state index contributed by atoms with van der Waals surface area (Å²) in [6.45, 7) is 4.84. The van der Waals surface area contributed by atoms with E-state index in [2.05, 4.69) is 0 Å². The molecule has 0 fully saturated rings. The lowest BCUT2D eigenvalue weighted by Gasteiger charge is -2.17. The van der Waals surface area contributed by atoms with E-state index >= 15 is 0 Å². The number of hydrogen-bond acceptors (Lipinski definition) is 6. The average molecular weight is 397 g/mol. The van der Waals surface area contributed by atoms with Crippen LogP contribution in [0.15, 0.2) is 42.2 Å². The van der Waals surface area contributed by atoms with Gasteiger partial charge in [-0.15, -0.1) is 0 Å². The molecular formula is C22H23NO6. The minimum Gasteiger partial charge on any atom is -0.497 e. The number of allylic oxidation sites excluding steroid dienone is 1. The topological polar surface area (TPSA) is 74.3 Å². The third kappa shape index (κ3) is 4.18. The van der Waals surface area contributed by atoms with E-state index in [4.69, 9.17) is 18.9 Å². The molecule has 1 aliphatic heterocycles. The largest absolute Gasteiger partial charge is 0.497 e. The van der Waals surface area contributed by atoms with Gasteiger partial charge >= 0.3 is 6.09 Å². The van der Waals surface area contributed by atoms with Crippen molar-refractivity contribution >= 4 is 18.0 Å². The van der Waals surface area contributed by atoms with Gasteiger partial charge in [0.1, 0.15) is 23.0 Å². The van der Waals surface area contributed by atoms with Crippen molar-refractivity contribution in [3.8, 4) is 23.0 Å². The van der Waals surface area contributed by atoms with Gasteiger partial charge in [-0.25, -0.2) is 4.79 Å². The molecule has 0 N–H and O–H groups in total. The van der Waals surface area contributed by atoms with E-state index in [1.165, 1.54) is 6.07 Å². The zero-order chi connectivity index (χ0) is 21.0. The summed E-state index contributed by atoms with van der Waals surface area (Å²) in [7, 11) is 3.11. The van der Waals surface area contributed by atoms with E-state index in [0.29, 0.717) is 47.2 Å². The van der Waals surface area contributed by atoms with E-state index in [1.807, 2.05) is 13.8 Å². The first-order valence-corrected chi connectivity index (χ1v) is 9.27. The predicted molar refractivity (Wildman–Crippen MR) is 108 cm³/mol. The fourth-order valence-corrected chi connectivity index (χ4v) is 2.97. The summed E-state index contributed by atoms with van der Waals surface area (Å²) in [6.07, 6.45) is 1.15. The van der Waals surface area contributed by atoms with Gasteiger partial charge in [0.05, 0.1) is 19.8 Å². The van der Waals surface area contributed by atoms with E-state index in [-0.39, 0.29) is 11.5 Å². The van der Waals surface area contributed by atoms with Crippen molar-refractivity contribution < 1.29 is 28.5 Å². The molecule has 1 heterocycles. The van der Waals surface area contributed by atoms with Crippen LogP contribution in [0.1, 0.15) is 29.8 Å². The highest BCUT2D eigenvalue weighted by atomic mass is 16.6. The summed E-state index contributed by atoms with van der Waals surface area (Å²) in [5, 5.41) is 0. The smallest absolute Gasteiger partial charge is 0.415 e. The zero-order valence-electron chi connectivity index (χ0n) is 16.9. The second-order valence-electron chi connectivity index (χ2n) is 6.25. The molecule has 0 saturated carbocycles. The molecule has 0 aliphatic carbocycles. The number of amides is 1. The number of benzene rings is 2. The second-order valence-corrected chi connectivity index (χ2v) is 6.25. The summed E-state index contributed by atoms with van der Waals surface area (Å²) in [5.74, 6) is 1.76. The van der Waals surface area contributed by atoms with Crippen LogP contribution in [0.5, 0.6) is 23.0 Å². The lowest BCUT2D eigenvalue weighted by molar-refractivity contribution is 0.101. The number of rotatable bonds is 6. The first kappa shape index (κ1) is 20.3. The third-order valence-corrected chi connectivity index (χ3v) is 4.59. The predicted octanol–water partition coefficient (Wildman–Crippen LogP) is 4.16. The number of ketones is 1. The van der Waals surface area contributed by atoms with Crippen molar-refractivity contribution in [1.29, 1.82) is 0 Å². The number of carbonyl (C=O) groups excluding carboxylic acids is 2. The average Bonchev–Trinajstić information content (AvgIpc) is 3.03. The normalized spacial score (nSPS) is 13.7. The minimum atomic E-state index is -0.448. The zero-order valence-corrected chi connectivity index (χ0v) is 16.9. The molecule has 2 aromatic carbocycles. The number of hydrogen-bond donors (Lipinski definition) is 0. The standard InChI is InChI=1S/C22H23NO6/c1-5-23(6-2)22(25)28-16-7-9-17-19(13-16)29-20(21(17)24)12-14-11-15(26-3)8-10-18(14)27-4/h7-13H,5-6H2,1-4H3/b20-12-. The highest BCUT2D eigenvalue weighted by molar-refractivity contribution is 6.14. The lowest BCUT2D eigenvalue weighted by atomic mass is 10.1. The van der Waals surface area contributed by atoms with E-state index < -0.39 is 6.09 Å². The highest BCUT2D eigenvalue weighted by Gasteiger charge is 2.28. The van der Waals surface area contributed by atoms with Crippen molar-refractivity contribution in [2.75, 3.05) is 27.3 Å². The summed E-state index contributed by atoms with van der Waals surface area (Å²) in [6, 6.07) is 9.98. The molecule has 29 heavy (non-hydrogen) atoms. The van der Waals surface area contributed by atoms with Gasteiger partial charge in [0.2, 0.25) is 5.78 Å². The Hall–Kier alpha value is -3.48. The quantitative estimate of drug-likeness (QED) is 0.682. The maximum absolute atomic E-state index is 12.7. The van der Waals surface area contributed by atoms with E-state index in [9.17, 15) is 9.59 Å². The van der Waals surface area contributed by atoms with Crippen LogP contribution >= 0.6 is 0 Å². The summed E-state index contributed by atoms with van der Waals surface area (Å²) >= 11 is 0. The molecular weight excluding hydrogens is 374 g/mol. The van der Waals surface area contributed by atoms with Crippen LogP contribution in [0.4, 0.5) is 4.79 Å². The van der Waals surface area contributed by atoms with Crippen molar-refractivity contribution in [3.05, 3.63) is 53.3 Å². The van der Waals surface area contributed by atoms with Crippen LogP contribution < -0.4 is 18.9 Å². The molecule has 0 radical (unpaired) electrons. The first-order valence-electron chi connectivity index (χ1n) is 9.27. The highest BCUT2D eigenvalue weighted by Crippen LogP contribution is 2.36. The molecule has 0 spiro atoms. The summed E-state index contributed by atoms with van der Waals surface area (Å²) < 4.78 is 21.7. The SMILES string of the molecule is CCN(CC)C(=O)Oc1ccc2c(c1)O/C(=C\c1cc(OC)ccc1OC)C2=O. The molecule has 0 saturated heterocycles. The van der Waals surface area contributed by atoms with Gasteiger partial charge in [-0.1, -0.05) is 0 Å². The van der Waals surface area contributed by atoms with Crippen LogP contribution in [-0.4, -0.2) is 44.1 Å².